The van der Waals surface area contributed by atoms with Gasteiger partial charge in [0.25, 0.3) is 0 Å². The molecule has 0 spiro atoms. The first kappa shape index (κ1) is 39.6. The van der Waals surface area contributed by atoms with Crippen molar-refractivity contribution in [2.75, 3.05) is 9.80 Å². The maximum atomic E-state index is 6.67. The van der Waals surface area contributed by atoms with E-state index in [0.717, 1.165) is 55.3 Å². The molecule has 10 aromatic carbocycles. The Morgan fingerprint density at radius 2 is 0.735 bits per heavy atom. The van der Waals surface area contributed by atoms with Crippen LogP contribution in [0.2, 0.25) is 0 Å². The Hall–Kier alpha value is -7.56. The van der Waals surface area contributed by atoms with Crippen LogP contribution in [0.15, 0.2) is 167 Å². The topological polar surface area (TPSA) is 32.8 Å². The molecule has 0 bridgehead atoms. The summed E-state index contributed by atoms with van der Waals surface area (Å²) >= 11 is 0. The van der Waals surface area contributed by atoms with Gasteiger partial charge in [-0.3, -0.25) is 0 Å². The van der Waals surface area contributed by atoms with Gasteiger partial charge in [0, 0.05) is 55.3 Å². The fraction of sp³-hybridized carbons (Fsp3) is 0.188. The van der Waals surface area contributed by atoms with Crippen molar-refractivity contribution >= 4 is 110 Å². The van der Waals surface area contributed by atoms with Gasteiger partial charge in [0.2, 0.25) is 0 Å². The third-order valence-electron chi connectivity index (χ3n) is 16.1. The predicted molar refractivity (Wildman–Crippen MR) is 287 cm³/mol. The van der Waals surface area contributed by atoms with Crippen molar-refractivity contribution in [3.05, 3.63) is 191 Å². The molecule has 68 heavy (non-hydrogen) atoms. The highest BCUT2D eigenvalue weighted by molar-refractivity contribution is 6.30. The normalized spacial score (nSPS) is 15.2. The summed E-state index contributed by atoms with van der Waals surface area (Å²) in [7, 11) is 0. The second kappa shape index (κ2) is 13.5. The first-order valence-corrected chi connectivity index (χ1v) is 24.4. The van der Waals surface area contributed by atoms with Crippen molar-refractivity contribution in [1.29, 1.82) is 0 Å². The summed E-state index contributed by atoms with van der Waals surface area (Å²) in [6.45, 7) is 18.9. The Balaban J connectivity index is 1.10. The second-order valence-electron chi connectivity index (χ2n) is 21.2. The Morgan fingerprint density at radius 3 is 1.16 bits per heavy atom. The molecule has 0 saturated carbocycles. The van der Waals surface area contributed by atoms with Crippen LogP contribution in [0.4, 0.5) is 34.1 Å². The Bertz CT molecular complexity index is 3850. The van der Waals surface area contributed by atoms with Crippen molar-refractivity contribution in [3.63, 3.8) is 0 Å². The SMILES string of the molecule is CC(C)c1cc2ccc(N3c4ccccc4C(C)(C)c4cc5c(cc43)oc3ccccc35)c3c(C(C)C)cc4ccc(N5c6ccccc6C(C)(C)c6cc7c(cc65)oc5ccccc57)c1c4c23. The van der Waals surface area contributed by atoms with E-state index in [2.05, 4.69) is 223 Å². The minimum Gasteiger partial charge on any atom is -0.456 e. The highest BCUT2D eigenvalue weighted by Crippen LogP contribution is 2.59. The molecule has 330 valence electrons. The van der Waals surface area contributed by atoms with Gasteiger partial charge in [-0.25, -0.2) is 0 Å². The van der Waals surface area contributed by atoms with Gasteiger partial charge in [-0.2, -0.15) is 0 Å². The molecular formula is C64H52N2O2. The molecule has 4 heterocycles. The van der Waals surface area contributed by atoms with Gasteiger partial charge in [-0.05, 0) is 115 Å². The monoisotopic (exact) mass is 880 g/mol. The van der Waals surface area contributed by atoms with E-state index in [4.69, 9.17) is 8.83 Å². The molecule has 2 aliphatic rings. The van der Waals surface area contributed by atoms with Gasteiger partial charge in [0.15, 0.2) is 0 Å². The highest BCUT2D eigenvalue weighted by Gasteiger charge is 2.41. The number of furan rings is 2. The van der Waals surface area contributed by atoms with Gasteiger partial charge >= 0.3 is 0 Å². The maximum Gasteiger partial charge on any atom is 0.137 e. The minimum atomic E-state index is -0.260. The summed E-state index contributed by atoms with van der Waals surface area (Å²) in [5, 5.41) is 12.4. The Labute approximate surface area is 396 Å². The molecule has 0 atom stereocenters. The number of nitrogens with zero attached hydrogens (tertiary/aromatic N) is 2. The molecule has 0 saturated heterocycles. The van der Waals surface area contributed by atoms with Gasteiger partial charge in [0.1, 0.15) is 22.3 Å². The molecule has 0 unspecified atom stereocenters. The van der Waals surface area contributed by atoms with E-state index in [-0.39, 0.29) is 22.7 Å². The molecule has 4 heteroatoms. The number of hydrogen-bond donors (Lipinski definition) is 0. The number of para-hydroxylation sites is 4. The number of fused-ring (bicyclic) bond motifs is 10. The third-order valence-corrected chi connectivity index (χ3v) is 16.1. The standard InChI is InChI=1S/C64H52N2O2/c1-35(2)41-29-37-25-28-52(66-50-22-14-12-20-46(50)64(7,8)48-32-44-40-18-10-16-24-56(40)68-58(44)34-54(48)66)62-42(36(3)4)30-38-26-27-51(61(41)59(38)60(37)62)65-49-21-13-11-19-45(49)63(5,6)47-31-43-39-17-9-15-23-55(39)67-57(43)33-53(47)65/h9-36H,1-8H3. The van der Waals surface area contributed by atoms with Crippen molar-refractivity contribution in [2.45, 2.75) is 78.1 Å². The molecule has 0 N–H and O–H groups in total. The molecule has 14 rings (SSSR count). The lowest BCUT2D eigenvalue weighted by molar-refractivity contribution is 0.630. The van der Waals surface area contributed by atoms with E-state index in [0.29, 0.717) is 0 Å². The van der Waals surface area contributed by atoms with E-state index in [9.17, 15) is 0 Å². The van der Waals surface area contributed by atoms with E-state index in [1.807, 2.05) is 0 Å². The van der Waals surface area contributed by atoms with Crippen molar-refractivity contribution in [3.8, 4) is 0 Å². The van der Waals surface area contributed by atoms with Crippen LogP contribution >= 0.6 is 0 Å². The van der Waals surface area contributed by atoms with Crippen LogP contribution < -0.4 is 9.80 Å². The predicted octanol–water partition coefficient (Wildman–Crippen LogP) is 18.8. The van der Waals surface area contributed by atoms with Gasteiger partial charge in [-0.15, -0.1) is 0 Å². The number of benzene rings is 10. The molecule has 2 aliphatic heterocycles. The zero-order valence-electron chi connectivity index (χ0n) is 39.9. The van der Waals surface area contributed by atoms with Crippen LogP contribution in [0.1, 0.15) is 101 Å². The van der Waals surface area contributed by atoms with E-state index >= 15 is 0 Å². The highest BCUT2D eigenvalue weighted by atomic mass is 16.3. The van der Waals surface area contributed by atoms with E-state index in [1.165, 1.54) is 88.4 Å². The Kier molecular flexibility index (Phi) is 7.88. The first-order chi connectivity index (χ1) is 32.9. The molecule has 0 amide bonds. The first-order valence-electron chi connectivity index (χ1n) is 24.4. The lowest BCUT2D eigenvalue weighted by Gasteiger charge is -2.43. The van der Waals surface area contributed by atoms with Crippen LogP contribution in [0, 0.1) is 0 Å². The van der Waals surface area contributed by atoms with E-state index < -0.39 is 0 Å². The summed E-state index contributed by atoms with van der Waals surface area (Å²) in [6.07, 6.45) is 0. The quantitative estimate of drug-likeness (QED) is 0.165. The van der Waals surface area contributed by atoms with Crippen LogP contribution in [0.5, 0.6) is 0 Å². The summed E-state index contributed by atoms with van der Waals surface area (Å²) in [5.74, 6) is 0.519. The van der Waals surface area contributed by atoms with Crippen molar-refractivity contribution < 1.29 is 8.83 Å². The Morgan fingerprint density at radius 1 is 0.338 bits per heavy atom. The van der Waals surface area contributed by atoms with E-state index in [1.54, 1.807) is 0 Å². The molecule has 0 aliphatic carbocycles. The average molecular weight is 881 g/mol. The maximum absolute atomic E-state index is 6.67. The van der Waals surface area contributed by atoms with Gasteiger partial charge in [0.05, 0.1) is 34.1 Å². The summed E-state index contributed by atoms with van der Waals surface area (Å²) < 4.78 is 13.3. The lowest BCUT2D eigenvalue weighted by atomic mass is 9.72. The third kappa shape index (κ3) is 5.10. The minimum absolute atomic E-state index is 0.259. The van der Waals surface area contributed by atoms with Crippen LogP contribution in [0.25, 0.3) is 76.2 Å². The fourth-order valence-electron chi connectivity index (χ4n) is 12.7. The molecule has 0 fully saturated rings. The molecule has 2 aromatic heterocycles. The molecule has 0 radical (unpaired) electrons. The van der Waals surface area contributed by atoms with Gasteiger partial charge < -0.3 is 18.6 Å². The zero-order valence-corrected chi connectivity index (χ0v) is 39.9. The van der Waals surface area contributed by atoms with Crippen LogP contribution in [-0.2, 0) is 10.8 Å². The number of rotatable bonds is 4. The van der Waals surface area contributed by atoms with Crippen LogP contribution in [-0.4, -0.2) is 0 Å². The summed E-state index contributed by atoms with van der Waals surface area (Å²) in [4.78, 5) is 5.12. The van der Waals surface area contributed by atoms with Crippen LogP contribution in [0.3, 0.4) is 0 Å². The summed E-state index contributed by atoms with van der Waals surface area (Å²) in [6, 6.07) is 59.0. The largest absolute Gasteiger partial charge is 0.456 e. The van der Waals surface area contributed by atoms with Crippen molar-refractivity contribution in [1.82, 2.24) is 0 Å². The lowest BCUT2D eigenvalue weighted by Crippen LogP contribution is -2.31. The molecule has 12 aromatic rings. The smallest absolute Gasteiger partial charge is 0.137 e. The molecule has 4 nitrogen and oxygen atoms in total. The van der Waals surface area contributed by atoms with Crippen molar-refractivity contribution in [2.24, 2.45) is 0 Å². The number of hydrogen-bond acceptors (Lipinski definition) is 4. The fourth-order valence-corrected chi connectivity index (χ4v) is 12.7. The van der Waals surface area contributed by atoms with Gasteiger partial charge in [-0.1, -0.05) is 152 Å². The molecular weight excluding hydrogens is 829 g/mol. The average Bonchev–Trinajstić information content (AvgIpc) is 3.90. The number of anilines is 6. The summed E-state index contributed by atoms with van der Waals surface area (Å²) in [5.41, 5.74) is 18.1. The second-order valence-corrected chi connectivity index (χ2v) is 21.2. The zero-order chi connectivity index (χ0) is 46.1.